The van der Waals surface area contributed by atoms with E-state index in [0.717, 1.165) is 0 Å². The Kier molecular flexibility index (Phi) is 4.18. The average Bonchev–Trinajstić information content (AvgIpc) is 2.49. The van der Waals surface area contributed by atoms with Crippen molar-refractivity contribution in [1.29, 1.82) is 5.26 Å². The third kappa shape index (κ3) is 3.05. The molecule has 0 atom stereocenters. The monoisotopic (exact) mass is 287 g/mol. The summed E-state index contributed by atoms with van der Waals surface area (Å²) < 4.78 is 5.07. The Morgan fingerprint density at radius 1 is 1.40 bits per heavy atom. The van der Waals surface area contributed by atoms with Crippen molar-refractivity contribution in [2.45, 2.75) is 0 Å². The smallest absolute Gasteiger partial charge is 0.274 e. The Morgan fingerprint density at radius 2 is 2.20 bits per heavy atom. The number of rotatable bonds is 3. The van der Waals surface area contributed by atoms with E-state index in [1.165, 1.54) is 25.4 Å². The van der Waals surface area contributed by atoms with E-state index in [1.807, 2.05) is 6.07 Å². The molecule has 1 aromatic carbocycles. The number of amides is 1. The summed E-state index contributed by atoms with van der Waals surface area (Å²) in [6.45, 7) is 0. The molecule has 1 amide bonds. The minimum atomic E-state index is -0.376. The van der Waals surface area contributed by atoms with Crippen LogP contribution in [0.1, 0.15) is 16.1 Å². The molecule has 2 rings (SSSR count). The summed E-state index contributed by atoms with van der Waals surface area (Å²) in [5.41, 5.74) is 1.16. The Bertz CT molecular complexity index is 678. The minimum Gasteiger partial charge on any atom is -0.495 e. The Morgan fingerprint density at radius 3 is 2.80 bits per heavy atom. The molecule has 0 aliphatic rings. The largest absolute Gasteiger partial charge is 0.495 e. The molecular weight excluding hydrogens is 278 g/mol. The molecule has 0 spiro atoms. The molecular formula is C14H10ClN3O2. The number of halogens is 1. The van der Waals surface area contributed by atoms with Crippen LogP contribution >= 0.6 is 11.6 Å². The molecule has 1 aromatic heterocycles. The molecule has 20 heavy (non-hydrogen) atoms. The van der Waals surface area contributed by atoms with E-state index >= 15 is 0 Å². The van der Waals surface area contributed by atoms with Gasteiger partial charge in [-0.05, 0) is 24.3 Å². The van der Waals surface area contributed by atoms with Crippen LogP contribution in [0.25, 0.3) is 0 Å². The van der Waals surface area contributed by atoms with Crippen molar-refractivity contribution < 1.29 is 9.53 Å². The van der Waals surface area contributed by atoms with Gasteiger partial charge in [-0.15, -0.1) is 0 Å². The van der Waals surface area contributed by atoms with Gasteiger partial charge in [-0.1, -0.05) is 11.6 Å². The number of hydrogen-bond acceptors (Lipinski definition) is 4. The van der Waals surface area contributed by atoms with E-state index in [4.69, 9.17) is 21.6 Å². The molecule has 0 saturated carbocycles. The van der Waals surface area contributed by atoms with Gasteiger partial charge in [-0.3, -0.25) is 4.79 Å². The van der Waals surface area contributed by atoms with Crippen LogP contribution in [0.5, 0.6) is 5.75 Å². The van der Waals surface area contributed by atoms with E-state index in [9.17, 15) is 4.79 Å². The SMILES string of the molecule is COc1cc(NC(=O)c2ccc(C#N)cn2)ccc1Cl. The van der Waals surface area contributed by atoms with Crippen LogP contribution in [0.15, 0.2) is 36.5 Å². The van der Waals surface area contributed by atoms with Gasteiger partial charge in [0.25, 0.3) is 5.91 Å². The second-order valence-corrected chi connectivity index (χ2v) is 4.25. The highest BCUT2D eigenvalue weighted by Crippen LogP contribution is 2.27. The number of carbonyl (C=O) groups excluding carboxylic acids is 1. The lowest BCUT2D eigenvalue weighted by Crippen LogP contribution is -2.13. The van der Waals surface area contributed by atoms with Gasteiger partial charge in [0, 0.05) is 18.0 Å². The number of hydrogen-bond donors (Lipinski definition) is 1. The Labute approximate surface area is 120 Å². The molecule has 6 heteroatoms. The first-order chi connectivity index (χ1) is 9.63. The zero-order valence-corrected chi connectivity index (χ0v) is 11.3. The fourth-order valence-electron chi connectivity index (χ4n) is 1.53. The summed E-state index contributed by atoms with van der Waals surface area (Å²) >= 11 is 5.90. The molecule has 1 N–H and O–H groups in total. The fraction of sp³-hybridized carbons (Fsp3) is 0.0714. The van der Waals surface area contributed by atoms with Crippen LogP contribution in [0.2, 0.25) is 5.02 Å². The number of nitrogens with one attached hydrogen (secondary N) is 1. The van der Waals surface area contributed by atoms with E-state index in [2.05, 4.69) is 10.3 Å². The van der Waals surface area contributed by atoms with Gasteiger partial charge in [-0.2, -0.15) is 5.26 Å². The molecule has 0 aliphatic carbocycles. The highest BCUT2D eigenvalue weighted by molar-refractivity contribution is 6.32. The van der Waals surface area contributed by atoms with E-state index in [1.54, 1.807) is 18.2 Å². The van der Waals surface area contributed by atoms with Crippen molar-refractivity contribution in [1.82, 2.24) is 4.98 Å². The number of carbonyl (C=O) groups is 1. The van der Waals surface area contributed by atoms with Crippen LogP contribution in [-0.4, -0.2) is 18.0 Å². The van der Waals surface area contributed by atoms with Crippen molar-refractivity contribution >= 4 is 23.2 Å². The first kappa shape index (κ1) is 13.8. The number of pyridine rings is 1. The van der Waals surface area contributed by atoms with Crippen molar-refractivity contribution in [3.8, 4) is 11.8 Å². The molecule has 0 bridgehead atoms. The minimum absolute atomic E-state index is 0.220. The van der Waals surface area contributed by atoms with Crippen molar-refractivity contribution in [3.63, 3.8) is 0 Å². The number of methoxy groups -OCH3 is 1. The highest BCUT2D eigenvalue weighted by atomic mass is 35.5. The maximum atomic E-state index is 12.0. The second-order valence-electron chi connectivity index (χ2n) is 3.85. The summed E-state index contributed by atoms with van der Waals surface area (Å²) in [5.74, 6) is 0.0936. The molecule has 0 unspecified atom stereocenters. The van der Waals surface area contributed by atoms with E-state index in [-0.39, 0.29) is 11.6 Å². The maximum absolute atomic E-state index is 12.0. The fourth-order valence-corrected chi connectivity index (χ4v) is 1.72. The van der Waals surface area contributed by atoms with Crippen LogP contribution in [0, 0.1) is 11.3 Å². The predicted octanol–water partition coefficient (Wildman–Crippen LogP) is 2.87. The van der Waals surface area contributed by atoms with Crippen molar-refractivity contribution in [2.75, 3.05) is 12.4 Å². The lowest BCUT2D eigenvalue weighted by molar-refractivity contribution is 0.102. The molecule has 0 aliphatic heterocycles. The standard InChI is InChI=1S/C14H10ClN3O2/c1-20-13-6-10(3-4-11(13)15)18-14(19)12-5-2-9(7-16)8-17-12/h2-6,8H,1H3,(H,18,19). The quantitative estimate of drug-likeness (QED) is 0.942. The molecule has 1 heterocycles. The topological polar surface area (TPSA) is 75.0 Å². The second kappa shape index (κ2) is 6.04. The summed E-state index contributed by atoms with van der Waals surface area (Å²) in [6, 6.07) is 9.86. The summed E-state index contributed by atoms with van der Waals surface area (Å²) in [4.78, 5) is 15.9. The third-order valence-corrected chi connectivity index (χ3v) is 2.85. The first-order valence-corrected chi connectivity index (χ1v) is 6.03. The highest BCUT2D eigenvalue weighted by Gasteiger charge is 2.09. The van der Waals surface area contributed by atoms with Gasteiger partial charge >= 0.3 is 0 Å². The van der Waals surface area contributed by atoms with Gasteiger partial charge in [0.15, 0.2) is 0 Å². The van der Waals surface area contributed by atoms with Gasteiger partial charge in [0.1, 0.15) is 17.5 Å². The summed E-state index contributed by atoms with van der Waals surface area (Å²) in [6.07, 6.45) is 1.34. The number of anilines is 1. The number of aromatic nitrogens is 1. The van der Waals surface area contributed by atoms with Crippen LogP contribution in [0.4, 0.5) is 5.69 Å². The number of benzene rings is 1. The molecule has 0 fully saturated rings. The molecule has 100 valence electrons. The van der Waals surface area contributed by atoms with Gasteiger partial charge in [0.05, 0.1) is 17.7 Å². The van der Waals surface area contributed by atoms with Crippen molar-refractivity contribution in [3.05, 3.63) is 52.8 Å². The zero-order valence-electron chi connectivity index (χ0n) is 10.6. The van der Waals surface area contributed by atoms with Crippen LogP contribution < -0.4 is 10.1 Å². The molecule has 0 radical (unpaired) electrons. The Hall–Kier alpha value is -2.58. The van der Waals surface area contributed by atoms with Gasteiger partial charge < -0.3 is 10.1 Å². The predicted molar refractivity (Wildman–Crippen MR) is 74.9 cm³/mol. The number of ether oxygens (including phenoxy) is 1. The normalized spacial score (nSPS) is 9.65. The number of nitriles is 1. The van der Waals surface area contributed by atoms with E-state index in [0.29, 0.717) is 22.0 Å². The van der Waals surface area contributed by atoms with Gasteiger partial charge in [-0.25, -0.2) is 4.98 Å². The van der Waals surface area contributed by atoms with Crippen molar-refractivity contribution in [2.24, 2.45) is 0 Å². The Balaban J connectivity index is 2.16. The third-order valence-electron chi connectivity index (χ3n) is 2.53. The molecule has 0 saturated heterocycles. The molecule has 5 nitrogen and oxygen atoms in total. The molecule has 2 aromatic rings. The average molecular weight is 288 g/mol. The first-order valence-electron chi connectivity index (χ1n) is 5.65. The van der Waals surface area contributed by atoms with Crippen LogP contribution in [-0.2, 0) is 0 Å². The van der Waals surface area contributed by atoms with Crippen LogP contribution in [0.3, 0.4) is 0 Å². The zero-order chi connectivity index (χ0) is 14.5. The maximum Gasteiger partial charge on any atom is 0.274 e. The number of nitrogens with zero attached hydrogens (tertiary/aromatic N) is 2. The summed E-state index contributed by atoms with van der Waals surface area (Å²) in [5, 5.41) is 11.8. The lowest BCUT2D eigenvalue weighted by atomic mass is 10.2. The lowest BCUT2D eigenvalue weighted by Gasteiger charge is -2.08. The van der Waals surface area contributed by atoms with Gasteiger partial charge in [0.2, 0.25) is 0 Å². The van der Waals surface area contributed by atoms with E-state index < -0.39 is 0 Å². The summed E-state index contributed by atoms with van der Waals surface area (Å²) in [7, 11) is 1.50.